The van der Waals surface area contributed by atoms with E-state index in [0.29, 0.717) is 5.69 Å². The molecule has 1 aromatic carbocycles. The van der Waals surface area contributed by atoms with E-state index >= 15 is 0 Å². The van der Waals surface area contributed by atoms with Crippen molar-refractivity contribution in [3.8, 4) is 0 Å². The Kier molecular flexibility index (Phi) is 8.22. The number of rotatable bonds is 10. The second-order valence-corrected chi connectivity index (χ2v) is 7.22. The summed E-state index contributed by atoms with van der Waals surface area (Å²) in [6.07, 6.45) is 3.66. The molecule has 0 aliphatic rings. The Morgan fingerprint density at radius 1 is 1.30 bits per heavy atom. The molecule has 1 aromatic rings. The minimum atomic E-state index is -3.60. The highest BCUT2D eigenvalue weighted by molar-refractivity contribution is 7.89. The maximum Gasteiger partial charge on any atom is 0.240 e. The standard InChI is InChI=1S/C16H27N3O3S/c1-3-5-7-13(4-2)16(20)19-14-8-6-9-15(12-14)23(21,22)18-11-10-17/h6,8-9,12-13,18H,3-5,7,10-11,17H2,1-2H3,(H,19,20). The second-order valence-electron chi connectivity index (χ2n) is 5.45. The summed E-state index contributed by atoms with van der Waals surface area (Å²) in [5.41, 5.74) is 5.80. The lowest BCUT2D eigenvalue weighted by Gasteiger charge is -2.15. The Morgan fingerprint density at radius 2 is 2.04 bits per heavy atom. The second kappa shape index (κ2) is 9.64. The van der Waals surface area contributed by atoms with Gasteiger partial charge in [-0.15, -0.1) is 0 Å². The van der Waals surface area contributed by atoms with Crippen LogP contribution in [0.4, 0.5) is 5.69 Å². The van der Waals surface area contributed by atoms with Crippen LogP contribution in [-0.2, 0) is 14.8 Å². The number of amides is 1. The third-order valence-corrected chi connectivity index (χ3v) is 5.08. The van der Waals surface area contributed by atoms with Gasteiger partial charge in [0.15, 0.2) is 0 Å². The van der Waals surface area contributed by atoms with E-state index in [1.54, 1.807) is 12.1 Å². The van der Waals surface area contributed by atoms with Crippen LogP contribution in [0.2, 0.25) is 0 Å². The number of unbranched alkanes of at least 4 members (excludes halogenated alkanes) is 1. The zero-order valence-electron chi connectivity index (χ0n) is 13.8. The van der Waals surface area contributed by atoms with Gasteiger partial charge in [-0.05, 0) is 31.0 Å². The summed E-state index contributed by atoms with van der Waals surface area (Å²) in [6.45, 7) is 4.48. The minimum absolute atomic E-state index is 0.0504. The van der Waals surface area contributed by atoms with Crippen molar-refractivity contribution in [1.29, 1.82) is 0 Å². The fraction of sp³-hybridized carbons (Fsp3) is 0.562. The summed E-state index contributed by atoms with van der Waals surface area (Å²) >= 11 is 0. The van der Waals surface area contributed by atoms with E-state index in [-0.39, 0.29) is 29.8 Å². The third-order valence-electron chi connectivity index (χ3n) is 3.62. The van der Waals surface area contributed by atoms with Gasteiger partial charge in [-0.2, -0.15) is 0 Å². The van der Waals surface area contributed by atoms with Gasteiger partial charge in [0.05, 0.1) is 4.90 Å². The van der Waals surface area contributed by atoms with Crippen molar-refractivity contribution in [2.45, 2.75) is 44.4 Å². The fourth-order valence-electron chi connectivity index (χ4n) is 2.23. The average molecular weight is 341 g/mol. The maximum atomic E-state index is 12.3. The normalized spacial score (nSPS) is 12.8. The van der Waals surface area contributed by atoms with Crippen molar-refractivity contribution in [3.05, 3.63) is 24.3 Å². The van der Waals surface area contributed by atoms with E-state index in [2.05, 4.69) is 17.0 Å². The number of hydrogen-bond acceptors (Lipinski definition) is 4. The summed E-state index contributed by atoms with van der Waals surface area (Å²) in [6, 6.07) is 6.25. The molecule has 130 valence electrons. The average Bonchev–Trinajstić information content (AvgIpc) is 2.54. The molecule has 4 N–H and O–H groups in total. The smallest absolute Gasteiger partial charge is 0.240 e. The van der Waals surface area contributed by atoms with Gasteiger partial charge < -0.3 is 11.1 Å². The number of anilines is 1. The molecule has 1 unspecified atom stereocenters. The topological polar surface area (TPSA) is 101 Å². The first-order chi connectivity index (χ1) is 10.9. The number of nitrogens with two attached hydrogens (primary N) is 1. The summed E-state index contributed by atoms with van der Waals surface area (Å²) in [5.74, 6) is -0.115. The number of hydrogen-bond donors (Lipinski definition) is 3. The van der Waals surface area contributed by atoms with Crippen LogP contribution in [-0.4, -0.2) is 27.4 Å². The first-order valence-corrected chi connectivity index (χ1v) is 9.53. The van der Waals surface area contributed by atoms with Crippen LogP contribution in [0.3, 0.4) is 0 Å². The van der Waals surface area contributed by atoms with Crippen LogP contribution < -0.4 is 15.8 Å². The van der Waals surface area contributed by atoms with Gasteiger partial charge in [-0.25, -0.2) is 13.1 Å². The molecule has 23 heavy (non-hydrogen) atoms. The zero-order valence-corrected chi connectivity index (χ0v) is 14.7. The molecule has 0 aromatic heterocycles. The van der Waals surface area contributed by atoms with Crippen LogP contribution in [0.25, 0.3) is 0 Å². The quantitative estimate of drug-likeness (QED) is 0.606. The van der Waals surface area contributed by atoms with Crippen LogP contribution in [0.1, 0.15) is 39.5 Å². The predicted octanol–water partition coefficient (Wildman–Crippen LogP) is 2.08. The van der Waals surface area contributed by atoms with Crippen LogP contribution >= 0.6 is 0 Å². The lowest BCUT2D eigenvalue weighted by Crippen LogP contribution is -2.29. The van der Waals surface area contributed by atoms with Gasteiger partial charge in [0, 0.05) is 24.7 Å². The number of sulfonamides is 1. The monoisotopic (exact) mass is 341 g/mol. The molecule has 0 saturated carbocycles. The SMILES string of the molecule is CCCCC(CC)C(=O)Nc1cccc(S(=O)(=O)NCCN)c1. The first kappa shape index (κ1) is 19.6. The highest BCUT2D eigenvalue weighted by atomic mass is 32.2. The Morgan fingerprint density at radius 3 is 2.65 bits per heavy atom. The molecule has 0 bridgehead atoms. The molecule has 1 amide bonds. The number of carbonyl (C=O) groups is 1. The molecule has 0 fully saturated rings. The molecule has 0 aliphatic carbocycles. The predicted molar refractivity (Wildman–Crippen MR) is 92.6 cm³/mol. The van der Waals surface area contributed by atoms with E-state index in [1.165, 1.54) is 12.1 Å². The number of nitrogens with one attached hydrogen (secondary N) is 2. The molecule has 7 heteroatoms. The van der Waals surface area contributed by atoms with Gasteiger partial charge >= 0.3 is 0 Å². The molecule has 0 radical (unpaired) electrons. The number of benzene rings is 1. The largest absolute Gasteiger partial charge is 0.329 e. The third kappa shape index (κ3) is 6.29. The van der Waals surface area contributed by atoms with Gasteiger partial charge in [-0.1, -0.05) is 32.8 Å². The van der Waals surface area contributed by atoms with Crippen molar-refractivity contribution >= 4 is 21.6 Å². The highest BCUT2D eigenvalue weighted by Crippen LogP contribution is 2.19. The van der Waals surface area contributed by atoms with Gasteiger partial charge in [0.2, 0.25) is 15.9 Å². The Bertz CT molecular complexity index is 602. The van der Waals surface area contributed by atoms with E-state index in [4.69, 9.17) is 5.73 Å². The summed E-state index contributed by atoms with van der Waals surface area (Å²) < 4.78 is 26.6. The van der Waals surface area contributed by atoms with Crippen molar-refractivity contribution in [2.75, 3.05) is 18.4 Å². The van der Waals surface area contributed by atoms with E-state index in [0.717, 1.165) is 25.7 Å². The highest BCUT2D eigenvalue weighted by Gasteiger charge is 2.18. The molecule has 1 rings (SSSR count). The van der Waals surface area contributed by atoms with Gasteiger partial charge in [0.25, 0.3) is 0 Å². The van der Waals surface area contributed by atoms with Gasteiger partial charge in [-0.3, -0.25) is 4.79 Å². The maximum absolute atomic E-state index is 12.3. The molecular formula is C16H27N3O3S. The lowest BCUT2D eigenvalue weighted by atomic mass is 9.98. The Hall–Kier alpha value is -1.44. The molecule has 0 saturated heterocycles. The van der Waals surface area contributed by atoms with Crippen LogP contribution in [0.15, 0.2) is 29.2 Å². The van der Waals surface area contributed by atoms with Crippen molar-refractivity contribution < 1.29 is 13.2 Å². The van der Waals surface area contributed by atoms with Crippen LogP contribution in [0.5, 0.6) is 0 Å². The summed E-state index contributed by atoms with van der Waals surface area (Å²) in [5, 5.41) is 2.81. The van der Waals surface area contributed by atoms with Crippen LogP contribution in [0, 0.1) is 5.92 Å². The first-order valence-electron chi connectivity index (χ1n) is 8.05. The Balaban J connectivity index is 2.82. The fourth-order valence-corrected chi connectivity index (χ4v) is 3.33. The van der Waals surface area contributed by atoms with Crippen molar-refractivity contribution in [1.82, 2.24) is 4.72 Å². The van der Waals surface area contributed by atoms with E-state index < -0.39 is 10.0 Å². The lowest BCUT2D eigenvalue weighted by molar-refractivity contribution is -0.120. The molecule has 1 atom stereocenters. The molecule has 6 nitrogen and oxygen atoms in total. The molecular weight excluding hydrogens is 314 g/mol. The van der Waals surface area contributed by atoms with Crippen molar-refractivity contribution in [2.24, 2.45) is 11.7 Å². The molecule has 0 heterocycles. The zero-order chi connectivity index (χ0) is 17.3. The summed E-state index contributed by atoms with van der Waals surface area (Å²) in [7, 11) is -3.60. The summed E-state index contributed by atoms with van der Waals surface area (Å²) in [4.78, 5) is 12.4. The molecule has 0 spiro atoms. The van der Waals surface area contributed by atoms with Crippen molar-refractivity contribution in [3.63, 3.8) is 0 Å². The van der Waals surface area contributed by atoms with E-state index in [1.807, 2.05) is 6.92 Å². The number of carbonyl (C=O) groups excluding carboxylic acids is 1. The van der Waals surface area contributed by atoms with Gasteiger partial charge in [0.1, 0.15) is 0 Å². The minimum Gasteiger partial charge on any atom is -0.329 e. The molecule has 0 aliphatic heterocycles. The Labute approximate surface area is 138 Å². The van der Waals surface area contributed by atoms with E-state index in [9.17, 15) is 13.2 Å².